The Morgan fingerprint density at radius 1 is 1.22 bits per heavy atom. The molecule has 18 heavy (non-hydrogen) atoms. The summed E-state index contributed by atoms with van der Waals surface area (Å²) >= 11 is 0. The number of hydrogen-bond acceptors (Lipinski definition) is 1. The summed E-state index contributed by atoms with van der Waals surface area (Å²) in [5.74, 6) is 0.810. The Labute approximate surface area is 112 Å². The molecule has 1 aliphatic rings. The van der Waals surface area contributed by atoms with Crippen LogP contribution >= 0.6 is 0 Å². The molecule has 0 saturated carbocycles. The van der Waals surface area contributed by atoms with E-state index in [1.54, 1.807) is 11.1 Å². The molecule has 0 radical (unpaired) electrons. The molecule has 2 rings (SSSR count). The van der Waals surface area contributed by atoms with Crippen molar-refractivity contribution in [2.45, 2.75) is 63.8 Å². The van der Waals surface area contributed by atoms with Crippen molar-refractivity contribution in [3.8, 4) is 0 Å². The maximum atomic E-state index is 3.51. The maximum absolute atomic E-state index is 3.51. The predicted octanol–water partition coefficient (Wildman–Crippen LogP) is 4.27. The number of hydrogen-bond donors (Lipinski definition) is 1. The molecule has 0 aromatic heterocycles. The Morgan fingerprint density at radius 2 is 2.06 bits per heavy atom. The summed E-state index contributed by atoms with van der Waals surface area (Å²) in [6.07, 6.45) is 9.46. The van der Waals surface area contributed by atoms with E-state index in [9.17, 15) is 0 Å². The molecule has 1 N–H and O–H groups in total. The lowest BCUT2D eigenvalue weighted by Crippen LogP contribution is -2.30. The zero-order chi connectivity index (χ0) is 12.8. The van der Waals surface area contributed by atoms with Crippen LogP contribution in [0.4, 0.5) is 0 Å². The summed E-state index contributed by atoms with van der Waals surface area (Å²) < 4.78 is 0. The third-order valence-corrected chi connectivity index (χ3v) is 4.34. The third-order valence-electron chi connectivity index (χ3n) is 4.34. The third kappa shape index (κ3) is 3.35. The van der Waals surface area contributed by atoms with E-state index in [4.69, 9.17) is 0 Å². The van der Waals surface area contributed by atoms with Crippen LogP contribution in [0.1, 0.15) is 62.5 Å². The zero-order valence-electron chi connectivity index (χ0n) is 11.9. The number of rotatable bonds is 8. The second-order valence-corrected chi connectivity index (χ2v) is 5.67. The summed E-state index contributed by atoms with van der Waals surface area (Å²) in [5, 5.41) is 3.51. The van der Waals surface area contributed by atoms with Crippen molar-refractivity contribution < 1.29 is 0 Å². The lowest BCUT2D eigenvalue weighted by molar-refractivity contribution is 0.406. The van der Waals surface area contributed by atoms with Crippen molar-refractivity contribution in [2.24, 2.45) is 0 Å². The van der Waals surface area contributed by atoms with E-state index in [-0.39, 0.29) is 0 Å². The minimum Gasteiger partial charge on any atom is -0.317 e. The predicted molar refractivity (Wildman–Crippen MR) is 79.1 cm³/mol. The summed E-state index contributed by atoms with van der Waals surface area (Å²) in [7, 11) is 2.12. The molecular weight excluding hydrogens is 218 g/mol. The SMILES string of the molecule is CCCCCCC(CC1Cc2ccccc21)NC. The van der Waals surface area contributed by atoms with Gasteiger partial charge in [-0.25, -0.2) is 0 Å². The highest BCUT2D eigenvalue weighted by molar-refractivity contribution is 5.39. The normalized spacial score (nSPS) is 19.1. The van der Waals surface area contributed by atoms with Gasteiger partial charge in [0.25, 0.3) is 0 Å². The molecule has 0 amide bonds. The number of benzene rings is 1. The van der Waals surface area contributed by atoms with Crippen molar-refractivity contribution in [3.63, 3.8) is 0 Å². The molecule has 100 valence electrons. The highest BCUT2D eigenvalue weighted by atomic mass is 14.9. The first kappa shape index (κ1) is 13.6. The highest BCUT2D eigenvalue weighted by Crippen LogP contribution is 2.38. The fourth-order valence-corrected chi connectivity index (χ4v) is 3.11. The molecule has 2 unspecified atom stereocenters. The molecule has 1 aliphatic carbocycles. The van der Waals surface area contributed by atoms with Gasteiger partial charge in [0.2, 0.25) is 0 Å². The summed E-state index contributed by atoms with van der Waals surface area (Å²) in [6.45, 7) is 2.28. The second kappa shape index (κ2) is 6.94. The van der Waals surface area contributed by atoms with Crippen molar-refractivity contribution in [1.82, 2.24) is 5.32 Å². The molecule has 0 heterocycles. The fraction of sp³-hybridized carbons (Fsp3) is 0.647. The highest BCUT2D eigenvalue weighted by Gasteiger charge is 2.27. The molecule has 1 aromatic carbocycles. The van der Waals surface area contributed by atoms with Crippen LogP contribution in [0, 0.1) is 0 Å². The lowest BCUT2D eigenvalue weighted by atomic mass is 9.74. The van der Waals surface area contributed by atoms with Crippen LogP contribution in [0.2, 0.25) is 0 Å². The van der Waals surface area contributed by atoms with Gasteiger partial charge >= 0.3 is 0 Å². The van der Waals surface area contributed by atoms with Gasteiger partial charge in [-0.15, -0.1) is 0 Å². The number of fused-ring (bicyclic) bond motifs is 1. The number of unbranched alkanes of at least 4 members (excludes halogenated alkanes) is 3. The summed E-state index contributed by atoms with van der Waals surface area (Å²) in [6, 6.07) is 9.64. The van der Waals surface area contributed by atoms with Crippen molar-refractivity contribution in [3.05, 3.63) is 35.4 Å². The average Bonchev–Trinajstić information content (AvgIpc) is 2.38. The molecule has 0 spiro atoms. The van der Waals surface area contributed by atoms with E-state index >= 15 is 0 Å². The topological polar surface area (TPSA) is 12.0 Å². The Hall–Kier alpha value is -0.820. The van der Waals surface area contributed by atoms with E-state index in [1.807, 2.05) is 0 Å². The Bertz CT molecular complexity index is 358. The minimum atomic E-state index is 0.709. The van der Waals surface area contributed by atoms with Crippen LogP contribution < -0.4 is 5.32 Å². The first-order valence-corrected chi connectivity index (χ1v) is 7.60. The first-order chi connectivity index (χ1) is 8.85. The van der Waals surface area contributed by atoms with E-state index in [0.29, 0.717) is 6.04 Å². The Morgan fingerprint density at radius 3 is 2.78 bits per heavy atom. The van der Waals surface area contributed by atoms with Crippen LogP contribution in [-0.2, 0) is 6.42 Å². The second-order valence-electron chi connectivity index (χ2n) is 5.67. The zero-order valence-corrected chi connectivity index (χ0v) is 11.9. The molecular formula is C17H27N. The van der Waals surface area contributed by atoms with Crippen LogP contribution in [0.5, 0.6) is 0 Å². The Kier molecular flexibility index (Phi) is 5.25. The molecule has 1 heteroatoms. The molecule has 0 bridgehead atoms. The van der Waals surface area contributed by atoms with Crippen molar-refractivity contribution in [2.75, 3.05) is 7.05 Å². The average molecular weight is 245 g/mol. The molecule has 0 fully saturated rings. The van der Waals surface area contributed by atoms with E-state index < -0.39 is 0 Å². The van der Waals surface area contributed by atoms with Crippen LogP contribution in [0.15, 0.2) is 24.3 Å². The first-order valence-electron chi connectivity index (χ1n) is 7.60. The molecule has 1 aromatic rings. The lowest BCUT2D eigenvalue weighted by Gasteiger charge is -2.33. The molecule has 0 saturated heterocycles. The van der Waals surface area contributed by atoms with Crippen LogP contribution in [0.25, 0.3) is 0 Å². The van der Waals surface area contributed by atoms with Gasteiger partial charge in [0.15, 0.2) is 0 Å². The fourth-order valence-electron chi connectivity index (χ4n) is 3.11. The quantitative estimate of drug-likeness (QED) is 0.674. The standard InChI is InChI=1S/C17H27N/c1-3-4-5-6-10-16(18-2)13-15-12-14-9-7-8-11-17(14)15/h7-9,11,15-16,18H,3-6,10,12-13H2,1-2H3. The molecule has 2 atom stereocenters. The van der Waals surface area contributed by atoms with Crippen LogP contribution in [0.3, 0.4) is 0 Å². The van der Waals surface area contributed by atoms with Crippen molar-refractivity contribution in [1.29, 1.82) is 0 Å². The van der Waals surface area contributed by atoms with Gasteiger partial charge in [0.1, 0.15) is 0 Å². The van der Waals surface area contributed by atoms with Gasteiger partial charge < -0.3 is 5.32 Å². The van der Waals surface area contributed by atoms with E-state index in [0.717, 1.165) is 5.92 Å². The monoisotopic (exact) mass is 245 g/mol. The molecule has 0 aliphatic heterocycles. The van der Waals surface area contributed by atoms with Gasteiger partial charge in [0, 0.05) is 6.04 Å². The minimum absolute atomic E-state index is 0.709. The van der Waals surface area contributed by atoms with E-state index in [1.165, 1.54) is 44.9 Å². The van der Waals surface area contributed by atoms with Gasteiger partial charge in [-0.2, -0.15) is 0 Å². The number of nitrogens with one attached hydrogen (secondary N) is 1. The smallest absolute Gasteiger partial charge is 0.00700 e. The van der Waals surface area contributed by atoms with Gasteiger partial charge in [-0.3, -0.25) is 0 Å². The van der Waals surface area contributed by atoms with E-state index in [2.05, 4.69) is 43.6 Å². The van der Waals surface area contributed by atoms with Gasteiger partial charge in [0.05, 0.1) is 0 Å². The molecule has 1 nitrogen and oxygen atoms in total. The summed E-state index contributed by atoms with van der Waals surface area (Å²) in [5.41, 5.74) is 3.18. The van der Waals surface area contributed by atoms with Gasteiger partial charge in [-0.1, -0.05) is 56.9 Å². The summed E-state index contributed by atoms with van der Waals surface area (Å²) in [4.78, 5) is 0. The van der Waals surface area contributed by atoms with Crippen molar-refractivity contribution >= 4 is 0 Å². The Balaban J connectivity index is 1.75. The van der Waals surface area contributed by atoms with Crippen LogP contribution in [-0.4, -0.2) is 13.1 Å². The largest absolute Gasteiger partial charge is 0.317 e. The maximum Gasteiger partial charge on any atom is 0.00700 e. The van der Waals surface area contributed by atoms with Gasteiger partial charge in [-0.05, 0) is 43.4 Å².